The number of carboxylic acids is 1. The Labute approximate surface area is 156 Å². The maximum atomic E-state index is 11.5. The van der Waals surface area contributed by atoms with E-state index >= 15 is 0 Å². The molecular weight excluding hydrogens is 340 g/mol. The Hall–Kier alpha value is -1.22. The molecule has 0 amide bonds. The van der Waals surface area contributed by atoms with E-state index in [9.17, 15) is 9.59 Å². The van der Waals surface area contributed by atoms with Crippen molar-refractivity contribution in [1.82, 2.24) is 9.80 Å². The van der Waals surface area contributed by atoms with Gasteiger partial charge in [-0.05, 0) is 34.9 Å². The van der Waals surface area contributed by atoms with E-state index in [4.69, 9.17) is 19.3 Å². The molecule has 152 valence electrons. The highest BCUT2D eigenvalue weighted by molar-refractivity contribution is 5.76. The van der Waals surface area contributed by atoms with Gasteiger partial charge in [0.2, 0.25) is 0 Å². The zero-order valence-electron chi connectivity index (χ0n) is 16.6. The summed E-state index contributed by atoms with van der Waals surface area (Å²) in [6, 6.07) is -0.479. The number of ether oxygens (including phenoxy) is 3. The van der Waals surface area contributed by atoms with E-state index in [0.717, 1.165) is 19.5 Å². The molecule has 0 aromatic heterocycles. The van der Waals surface area contributed by atoms with Crippen molar-refractivity contribution in [3.8, 4) is 0 Å². The Kier molecular flexibility index (Phi) is 10.1. The summed E-state index contributed by atoms with van der Waals surface area (Å²) >= 11 is 0. The van der Waals surface area contributed by atoms with Crippen molar-refractivity contribution in [2.24, 2.45) is 0 Å². The molecule has 26 heavy (non-hydrogen) atoms. The summed E-state index contributed by atoms with van der Waals surface area (Å²) in [7, 11) is 3.75. The van der Waals surface area contributed by atoms with Gasteiger partial charge in [-0.3, -0.25) is 19.4 Å². The number of hydrogen-bond acceptors (Lipinski definition) is 7. The van der Waals surface area contributed by atoms with Crippen LogP contribution in [0, 0.1) is 0 Å². The van der Waals surface area contributed by atoms with E-state index in [-0.39, 0.29) is 30.3 Å². The van der Waals surface area contributed by atoms with Crippen molar-refractivity contribution in [3.63, 3.8) is 0 Å². The number of aliphatic carboxylic acids is 1. The SMILES string of the molecule is CCOC(=O)[C@H]1C[C@@H](OCC)CN1C.CCO[C@@H]1C[C@H](C(=O)O)N(C)C1. The van der Waals surface area contributed by atoms with E-state index in [1.54, 1.807) is 0 Å². The average molecular weight is 374 g/mol. The first-order valence-corrected chi connectivity index (χ1v) is 9.36. The number of likely N-dealkylation sites (tertiary alicyclic amines) is 2. The largest absolute Gasteiger partial charge is 0.480 e. The molecule has 0 unspecified atom stereocenters. The second-order valence-electron chi connectivity index (χ2n) is 6.63. The lowest BCUT2D eigenvalue weighted by atomic mass is 10.2. The second-order valence-corrected chi connectivity index (χ2v) is 6.63. The zero-order valence-corrected chi connectivity index (χ0v) is 16.6. The first-order valence-electron chi connectivity index (χ1n) is 9.36. The second kappa shape index (κ2) is 11.5. The highest BCUT2D eigenvalue weighted by Gasteiger charge is 2.36. The lowest BCUT2D eigenvalue weighted by molar-refractivity contribution is -0.148. The molecule has 2 saturated heterocycles. The number of carbonyl (C=O) groups is 2. The Morgan fingerprint density at radius 3 is 1.73 bits per heavy atom. The Bertz CT molecular complexity index is 447. The van der Waals surface area contributed by atoms with Crippen LogP contribution >= 0.6 is 0 Å². The van der Waals surface area contributed by atoms with Crippen LogP contribution in [-0.4, -0.2) is 98.1 Å². The van der Waals surface area contributed by atoms with E-state index in [1.165, 1.54) is 0 Å². The molecule has 2 aliphatic rings. The summed E-state index contributed by atoms with van der Waals surface area (Å²) < 4.78 is 15.8. The highest BCUT2D eigenvalue weighted by atomic mass is 16.5. The lowest BCUT2D eigenvalue weighted by Crippen LogP contribution is -2.34. The summed E-state index contributed by atoms with van der Waals surface area (Å²) in [5, 5.41) is 8.77. The number of hydrogen-bond donors (Lipinski definition) is 1. The molecule has 4 atom stereocenters. The number of rotatable bonds is 7. The molecule has 0 aliphatic carbocycles. The van der Waals surface area contributed by atoms with Gasteiger partial charge in [0.25, 0.3) is 0 Å². The molecule has 8 heteroatoms. The lowest BCUT2D eigenvalue weighted by Gasteiger charge is -2.16. The molecule has 1 N–H and O–H groups in total. The van der Waals surface area contributed by atoms with E-state index in [2.05, 4.69) is 0 Å². The van der Waals surface area contributed by atoms with E-state index < -0.39 is 5.97 Å². The van der Waals surface area contributed by atoms with Crippen molar-refractivity contribution in [3.05, 3.63) is 0 Å². The van der Waals surface area contributed by atoms with Crippen LogP contribution in [0.4, 0.5) is 0 Å². The van der Waals surface area contributed by atoms with Crippen molar-refractivity contribution in [2.75, 3.05) is 47.0 Å². The molecule has 2 rings (SSSR count). The van der Waals surface area contributed by atoms with Crippen molar-refractivity contribution in [2.45, 2.75) is 57.9 Å². The number of nitrogens with zero attached hydrogens (tertiary/aromatic N) is 2. The third-order valence-corrected chi connectivity index (χ3v) is 4.67. The van der Waals surface area contributed by atoms with Gasteiger partial charge in [-0.25, -0.2) is 0 Å². The molecular formula is C18H34N2O6. The maximum absolute atomic E-state index is 11.5. The Balaban J connectivity index is 0.000000263. The van der Waals surface area contributed by atoms with Crippen LogP contribution in [0.1, 0.15) is 33.6 Å². The van der Waals surface area contributed by atoms with Crippen LogP contribution in [0.25, 0.3) is 0 Å². The summed E-state index contributed by atoms with van der Waals surface area (Å²) in [6.45, 7) is 9.07. The van der Waals surface area contributed by atoms with Gasteiger partial charge in [0.15, 0.2) is 0 Å². The number of carboxylic acid groups (broad SMARTS) is 1. The smallest absolute Gasteiger partial charge is 0.323 e. The van der Waals surface area contributed by atoms with Gasteiger partial charge >= 0.3 is 11.9 Å². The standard InChI is InChI=1S/C10H19NO3.C8H15NO3/c1-4-13-8-6-9(11(3)7-8)10(12)14-5-2;1-3-12-6-4-7(8(10)11)9(2)5-6/h8-9H,4-7H2,1-3H3;6-7H,3-5H2,1-2H3,(H,10,11)/t8-,9-;6-,7-/m11/s1. The minimum absolute atomic E-state index is 0.0982. The molecule has 2 aliphatic heterocycles. The molecule has 0 aromatic carbocycles. The molecule has 0 bridgehead atoms. The van der Waals surface area contributed by atoms with E-state index in [0.29, 0.717) is 26.2 Å². The summed E-state index contributed by atoms with van der Waals surface area (Å²) in [4.78, 5) is 26.0. The highest BCUT2D eigenvalue weighted by Crippen LogP contribution is 2.19. The van der Waals surface area contributed by atoms with Gasteiger partial charge in [0.05, 0.1) is 18.8 Å². The fourth-order valence-electron chi connectivity index (χ4n) is 3.42. The third kappa shape index (κ3) is 6.83. The molecule has 0 saturated carbocycles. The van der Waals surface area contributed by atoms with Crippen LogP contribution in [-0.2, 0) is 23.8 Å². The Morgan fingerprint density at radius 1 is 0.885 bits per heavy atom. The number of likely N-dealkylation sites (N-methyl/N-ethyl adjacent to an activating group) is 2. The predicted molar refractivity (Wildman–Crippen MR) is 97.2 cm³/mol. The predicted octanol–water partition coefficient (Wildman–Crippen LogP) is 0.839. The van der Waals surface area contributed by atoms with Crippen molar-refractivity contribution in [1.29, 1.82) is 0 Å². The van der Waals surface area contributed by atoms with Crippen LogP contribution in [0.3, 0.4) is 0 Å². The zero-order chi connectivity index (χ0) is 19.7. The number of carbonyl (C=O) groups excluding carboxylic acids is 1. The monoisotopic (exact) mass is 374 g/mol. The van der Waals surface area contributed by atoms with Gasteiger partial charge in [0.1, 0.15) is 12.1 Å². The molecule has 2 fully saturated rings. The topological polar surface area (TPSA) is 88.5 Å². The molecule has 0 spiro atoms. The third-order valence-electron chi connectivity index (χ3n) is 4.67. The van der Waals surface area contributed by atoms with Crippen LogP contribution in [0.5, 0.6) is 0 Å². The minimum Gasteiger partial charge on any atom is -0.480 e. The normalized spacial score (nSPS) is 29.3. The quantitative estimate of drug-likeness (QED) is 0.656. The van der Waals surface area contributed by atoms with Gasteiger partial charge in [0, 0.05) is 39.1 Å². The minimum atomic E-state index is -0.750. The van der Waals surface area contributed by atoms with Gasteiger partial charge in [-0.1, -0.05) is 0 Å². The van der Waals surface area contributed by atoms with Gasteiger partial charge < -0.3 is 19.3 Å². The summed E-state index contributed by atoms with van der Waals surface area (Å²) in [5.74, 6) is -0.878. The average Bonchev–Trinajstić information content (AvgIpc) is 3.12. The van der Waals surface area contributed by atoms with E-state index in [1.807, 2.05) is 44.7 Å². The Morgan fingerprint density at radius 2 is 1.35 bits per heavy atom. The van der Waals surface area contributed by atoms with Gasteiger partial charge in [-0.2, -0.15) is 0 Å². The first kappa shape index (κ1) is 22.8. The summed E-state index contributed by atoms with van der Waals surface area (Å²) in [5.41, 5.74) is 0. The van der Waals surface area contributed by atoms with Crippen LogP contribution in [0.15, 0.2) is 0 Å². The fraction of sp³-hybridized carbons (Fsp3) is 0.889. The fourth-order valence-corrected chi connectivity index (χ4v) is 3.42. The summed E-state index contributed by atoms with van der Waals surface area (Å²) in [6.07, 6.45) is 1.64. The number of esters is 1. The van der Waals surface area contributed by atoms with Crippen molar-refractivity contribution < 1.29 is 28.9 Å². The maximum Gasteiger partial charge on any atom is 0.323 e. The molecule has 0 aromatic rings. The molecule has 0 radical (unpaired) electrons. The van der Waals surface area contributed by atoms with Crippen molar-refractivity contribution >= 4 is 11.9 Å². The van der Waals surface area contributed by atoms with Crippen LogP contribution in [0.2, 0.25) is 0 Å². The molecule has 8 nitrogen and oxygen atoms in total. The van der Waals surface area contributed by atoms with Crippen LogP contribution < -0.4 is 0 Å². The first-order chi connectivity index (χ1) is 12.3. The molecule has 2 heterocycles. The van der Waals surface area contributed by atoms with Gasteiger partial charge in [-0.15, -0.1) is 0 Å².